The first-order chi connectivity index (χ1) is 13.1. The first kappa shape index (κ1) is 18.4. The van der Waals surface area contributed by atoms with Crippen molar-refractivity contribution in [3.8, 4) is 5.75 Å². The third-order valence-corrected chi connectivity index (χ3v) is 4.04. The SMILES string of the molecule is O=C(COC(=O)CCN1C(=O)COc2ccccc21)NCc1ccccc1. The highest BCUT2D eigenvalue weighted by Gasteiger charge is 2.25. The number of amides is 2. The van der Waals surface area contributed by atoms with Gasteiger partial charge in [0.05, 0.1) is 12.1 Å². The lowest BCUT2D eigenvalue weighted by molar-refractivity contribution is -0.148. The van der Waals surface area contributed by atoms with E-state index in [9.17, 15) is 14.4 Å². The van der Waals surface area contributed by atoms with Crippen LogP contribution in [0.2, 0.25) is 0 Å². The quantitative estimate of drug-likeness (QED) is 0.752. The van der Waals surface area contributed by atoms with Gasteiger partial charge in [0.25, 0.3) is 11.8 Å². The van der Waals surface area contributed by atoms with E-state index in [1.165, 1.54) is 4.90 Å². The van der Waals surface area contributed by atoms with E-state index in [2.05, 4.69) is 5.32 Å². The zero-order valence-corrected chi connectivity index (χ0v) is 14.7. The van der Waals surface area contributed by atoms with Crippen LogP contribution in [0.4, 0.5) is 5.69 Å². The van der Waals surface area contributed by atoms with E-state index in [4.69, 9.17) is 9.47 Å². The highest BCUT2D eigenvalue weighted by Crippen LogP contribution is 2.31. The van der Waals surface area contributed by atoms with Crippen molar-refractivity contribution in [2.75, 3.05) is 24.7 Å². The second-order valence-electron chi connectivity index (χ2n) is 5.97. The summed E-state index contributed by atoms with van der Waals surface area (Å²) in [6, 6.07) is 16.6. The molecule has 0 atom stereocenters. The molecule has 140 valence electrons. The van der Waals surface area contributed by atoms with Crippen molar-refractivity contribution in [1.29, 1.82) is 0 Å². The maximum absolute atomic E-state index is 12.0. The minimum atomic E-state index is -0.540. The Balaban J connectivity index is 1.42. The third-order valence-electron chi connectivity index (χ3n) is 4.04. The van der Waals surface area contributed by atoms with Crippen LogP contribution >= 0.6 is 0 Å². The van der Waals surface area contributed by atoms with Gasteiger partial charge in [-0.25, -0.2) is 0 Å². The minimum absolute atomic E-state index is 0.00790. The molecular formula is C20H20N2O5. The van der Waals surface area contributed by atoms with Crippen LogP contribution in [0.1, 0.15) is 12.0 Å². The molecule has 0 unspecified atom stereocenters. The molecule has 0 bridgehead atoms. The van der Waals surface area contributed by atoms with Crippen LogP contribution in [0.25, 0.3) is 0 Å². The molecule has 0 saturated heterocycles. The molecule has 27 heavy (non-hydrogen) atoms. The van der Waals surface area contributed by atoms with Gasteiger partial charge in [-0.1, -0.05) is 42.5 Å². The van der Waals surface area contributed by atoms with Crippen LogP contribution in [0.5, 0.6) is 5.75 Å². The first-order valence-corrected chi connectivity index (χ1v) is 8.62. The van der Waals surface area contributed by atoms with Gasteiger partial charge in [0, 0.05) is 13.1 Å². The molecule has 1 heterocycles. The van der Waals surface area contributed by atoms with E-state index in [-0.39, 0.29) is 38.0 Å². The predicted molar refractivity (Wildman–Crippen MR) is 98.2 cm³/mol. The van der Waals surface area contributed by atoms with E-state index < -0.39 is 5.97 Å². The predicted octanol–water partition coefficient (Wildman–Crippen LogP) is 1.66. The number of anilines is 1. The standard InChI is InChI=1S/C20H20N2O5/c23-18(21-12-15-6-2-1-3-7-15)13-27-20(25)10-11-22-16-8-4-5-9-17(16)26-14-19(22)24/h1-9H,10-14H2,(H,21,23). The molecule has 0 fully saturated rings. The smallest absolute Gasteiger partial charge is 0.308 e. The molecule has 3 rings (SSSR count). The van der Waals surface area contributed by atoms with Gasteiger partial charge in [-0.05, 0) is 17.7 Å². The Hall–Kier alpha value is -3.35. The summed E-state index contributed by atoms with van der Waals surface area (Å²) in [5.74, 6) is -0.533. The molecule has 2 amide bonds. The number of rotatable bonds is 7. The van der Waals surface area contributed by atoms with Gasteiger partial charge >= 0.3 is 5.97 Å². The molecule has 2 aromatic carbocycles. The zero-order chi connectivity index (χ0) is 19.1. The van der Waals surface area contributed by atoms with Crippen LogP contribution in [-0.2, 0) is 25.7 Å². The number of benzene rings is 2. The average Bonchev–Trinajstić information content (AvgIpc) is 2.70. The van der Waals surface area contributed by atoms with Gasteiger partial charge in [0.1, 0.15) is 5.75 Å². The largest absolute Gasteiger partial charge is 0.482 e. The van der Waals surface area contributed by atoms with Crippen LogP contribution in [0.3, 0.4) is 0 Å². The maximum Gasteiger partial charge on any atom is 0.308 e. The Morgan fingerprint density at radius 3 is 2.63 bits per heavy atom. The maximum atomic E-state index is 12.0. The number of hydrogen-bond acceptors (Lipinski definition) is 5. The van der Waals surface area contributed by atoms with Gasteiger partial charge < -0.3 is 19.7 Å². The first-order valence-electron chi connectivity index (χ1n) is 8.62. The monoisotopic (exact) mass is 368 g/mol. The summed E-state index contributed by atoms with van der Waals surface area (Å²) in [5, 5.41) is 2.68. The second-order valence-corrected chi connectivity index (χ2v) is 5.97. The molecule has 2 aromatic rings. The molecule has 0 saturated carbocycles. The second kappa shape index (κ2) is 8.84. The molecule has 0 spiro atoms. The minimum Gasteiger partial charge on any atom is -0.482 e. The number of esters is 1. The van der Waals surface area contributed by atoms with Crippen molar-refractivity contribution in [2.24, 2.45) is 0 Å². The van der Waals surface area contributed by atoms with Gasteiger partial charge in [-0.15, -0.1) is 0 Å². The van der Waals surface area contributed by atoms with Crippen LogP contribution < -0.4 is 15.0 Å². The molecule has 7 nitrogen and oxygen atoms in total. The number of fused-ring (bicyclic) bond motifs is 1. The number of hydrogen-bond donors (Lipinski definition) is 1. The molecule has 1 N–H and O–H groups in total. The third kappa shape index (κ3) is 5.07. The fourth-order valence-corrected chi connectivity index (χ4v) is 2.67. The fourth-order valence-electron chi connectivity index (χ4n) is 2.67. The molecule has 1 aliphatic heterocycles. The highest BCUT2D eigenvalue weighted by molar-refractivity contribution is 5.98. The van der Waals surface area contributed by atoms with Crippen molar-refractivity contribution in [3.63, 3.8) is 0 Å². The van der Waals surface area contributed by atoms with Gasteiger partial charge in [0.2, 0.25) is 0 Å². The van der Waals surface area contributed by atoms with Crippen molar-refractivity contribution in [2.45, 2.75) is 13.0 Å². The number of carbonyl (C=O) groups is 3. The van der Waals surface area contributed by atoms with E-state index in [0.29, 0.717) is 18.0 Å². The number of para-hydroxylation sites is 2. The number of nitrogens with zero attached hydrogens (tertiary/aromatic N) is 1. The summed E-state index contributed by atoms with van der Waals surface area (Å²) in [4.78, 5) is 37.2. The zero-order valence-electron chi connectivity index (χ0n) is 14.7. The molecule has 0 aromatic heterocycles. The Morgan fingerprint density at radius 1 is 1.07 bits per heavy atom. The fraction of sp³-hybridized carbons (Fsp3) is 0.250. The Labute approximate surface area is 156 Å². The number of ether oxygens (including phenoxy) is 2. The van der Waals surface area contributed by atoms with Crippen molar-refractivity contribution in [3.05, 3.63) is 60.2 Å². The lowest BCUT2D eigenvalue weighted by atomic mass is 10.2. The van der Waals surface area contributed by atoms with Crippen molar-refractivity contribution in [1.82, 2.24) is 5.32 Å². The van der Waals surface area contributed by atoms with Crippen molar-refractivity contribution < 1.29 is 23.9 Å². The van der Waals surface area contributed by atoms with E-state index in [0.717, 1.165) is 5.56 Å². The lowest BCUT2D eigenvalue weighted by Gasteiger charge is -2.28. The van der Waals surface area contributed by atoms with Gasteiger partial charge in [-0.2, -0.15) is 0 Å². The number of nitrogens with one attached hydrogen (secondary N) is 1. The molecule has 7 heteroatoms. The Morgan fingerprint density at radius 2 is 1.81 bits per heavy atom. The summed E-state index contributed by atoms with van der Waals surface area (Å²) in [6.45, 7) is 0.132. The highest BCUT2D eigenvalue weighted by atomic mass is 16.5. The molecule has 0 aliphatic carbocycles. The average molecular weight is 368 g/mol. The summed E-state index contributed by atoms with van der Waals surface area (Å²) in [7, 11) is 0. The van der Waals surface area contributed by atoms with Crippen molar-refractivity contribution >= 4 is 23.5 Å². The topological polar surface area (TPSA) is 84.9 Å². The van der Waals surface area contributed by atoms with Gasteiger partial charge in [-0.3, -0.25) is 14.4 Å². The molecular weight excluding hydrogens is 348 g/mol. The molecule has 1 aliphatic rings. The summed E-state index contributed by atoms with van der Waals surface area (Å²) < 4.78 is 10.3. The van der Waals surface area contributed by atoms with E-state index in [1.54, 1.807) is 18.2 Å². The van der Waals surface area contributed by atoms with Crippen LogP contribution in [-0.4, -0.2) is 37.5 Å². The summed E-state index contributed by atoms with van der Waals surface area (Å²) in [6.07, 6.45) is -0.00790. The van der Waals surface area contributed by atoms with E-state index >= 15 is 0 Å². The van der Waals surface area contributed by atoms with E-state index in [1.807, 2.05) is 36.4 Å². The Kier molecular flexibility index (Phi) is 6.04. The normalized spacial score (nSPS) is 12.7. The Bertz CT molecular complexity index is 822. The molecule has 0 radical (unpaired) electrons. The lowest BCUT2D eigenvalue weighted by Crippen LogP contribution is -2.40. The van der Waals surface area contributed by atoms with Gasteiger partial charge in [0.15, 0.2) is 13.2 Å². The summed E-state index contributed by atoms with van der Waals surface area (Å²) >= 11 is 0. The summed E-state index contributed by atoms with van der Waals surface area (Å²) in [5.41, 5.74) is 1.59. The number of carbonyl (C=O) groups excluding carboxylic acids is 3. The van der Waals surface area contributed by atoms with Crippen LogP contribution in [0.15, 0.2) is 54.6 Å². The van der Waals surface area contributed by atoms with Crippen LogP contribution in [0, 0.1) is 0 Å².